The van der Waals surface area contributed by atoms with E-state index >= 15 is 0 Å². The predicted octanol–water partition coefficient (Wildman–Crippen LogP) is 2.29. The quantitative estimate of drug-likeness (QED) is 0.792. The van der Waals surface area contributed by atoms with E-state index in [2.05, 4.69) is 57.1 Å². The number of benzene rings is 1. The van der Waals surface area contributed by atoms with E-state index < -0.39 is 0 Å². The highest BCUT2D eigenvalue weighted by molar-refractivity contribution is 5.79. The molecule has 29 heavy (non-hydrogen) atoms. The van der Waals surface area contributed by atoms with E-state index in [9.17, 15) is 5.11 Å². The SMILES string of the molecule is CNc1nc(CO)nc2c1C(C)(C)CN2c1ccc(N2CCOCC2)cc1OC. The first-order chi connectivity index (χ1) is 14.0. The molecule has 0 amide bonds. The molecular weight excluding hydrogens is 370 g/mol. The maximum atomic E-state index is 9.65. The first-order valence-corrected chi connectivity index (χ1v) is 9.97. The van der Waals surface area contributed by atoms with Crippen LogP contribution < -0.4 is 19.9 Å². The lowest BCUT2D eigenvalue weighted by Crippen LogP contribution is -2.36. The maximum absolute atomic E-state index is 9.65. The lowest BCUT2D eigenvalue weighted by Gasteiger charge is -2.30. The molecule has 0 spiro atoms. The second-order valence-corrected chi connectivity index (χ2v) is 8.02. The summed E-state index contributed by atoms with van der Waals surface area (Å²) in [5.74, 6) is 2.78. The van der Waals surface area contributed by atoms with Gasteiger partial charge in [0.05, 0.1) is 26.0 Å². The fourth-order valence-electron chi connectivity index (χ4n) is 4.22. The van der Waals surface area contributed by atoms with Crippen LogP contribution in [-0.2, 0) is 16.8 Å². The number of nitrogens with zero attached hydrogens (tertiary/aromatic N) is 4. The molecule has 0 bridgehead atoms. The zero-order valence-electron chi connectivity index (χ0n) is 17.5. The minimum atomic E-state index is -0.205. The van der Waals surface area contributed by atoms with Gasteiger partial charge in [0.2, 0.25) is 0 Å². The summed E-state index contributed by atoms with van der Waals surface area (Å²) < 4.78 is 11.2. The number of rotatable bonds is 5. The highest BCUT2D eigenvalue weighted by atomic mass is 16.5. The number of aliphatic hydroxyl groups is 1. The Bertz CT molecular complexity index is 896. The molecule has 0 saturated carbocycles. The fourth-order valence-corrected chi connectivity index (χ4v) is 4.22. The molecule has 1 fully saturated rings. The Morgan fingerprint density at radius 3 is 2.66 bits per heavy atom. The first kappa shape index (κ1) is 19.7. The van der Waals surface area contributed by atoms with Gasteiger partial charge in [-0.2, -0.15) is 0 Å². The molecule has 2 aromatic rings. The molecule has 0 aliphatic carbocycles. The lowest BCUT2D eigenvalue weighted by molar-refractivity contribution is 0.122. The van der Waals surface area contributed by atoms with E-state index in [1.807, 2.05) is 7.05 Å². The maximum Gasteiger partial charge on any atom is 0.158 e. The lowest BCUT2D eigenvalue weighted by atomic mass is 9.88. The minimum absolute atomic E-state index is 0.157. The van der Waals surface area contributed by atoms with Crippen molar-refractivity contribution in [2.75, 3.05) is 62.1 Å². The second kappa shape index (κ2) is 7.68. The number of methoxy groups -OCH3 is 1. The molecule has 8 heteroatoms. The van der Waals surface area contributed by atoms with Crippen LogP contribution in [0.3, 0.4) is 0 Å². The Balaban J connectivity index is 1.78. The number of aliphatic hydroxyl groups excluding tert-OH is 1. The standard InChI is InChI=1S/C21H29N5O3/c1-21(2)13-26(20-18(21)19(22-3)23-17(12-27)24-20)15-6-5-14(11-16(15)28-4)25-7-9-29-10-8-25/h5-6,11,27H,7-10,12-13H2,1-4H3,(H,22,23,24). The summed E-state index contributed by atoms with van der Waals surface area (Å²) in [7, 11) is 3.54. The smallest absolute Gasteiger partial charge is 0.158 e. The number of ether oxygens (including phenoxy) is 2. The molecule has 1 aromatic heterocycles. The zero-order valence-corrected chi connectivity index (χ0v) is 17.5. The Morgan fingerprint density at radius 1 is 1.24 bits per heavy atom. The third-order valence-corrected chi connectivity index (χ3v) is 5.63. The summed E-state index contributed by atoms with van der Waals surface area (Å²) in [5.41, 5.74) is 2.98. The van der Waals surface area contributed by atoms with Crippen molar-refractivity contribution in [3.05, 3.63) is 29.6 Å². The Morgan fingerprint density at radius 2 is 2.00 bits per heavy atom. The summed E-state index contributed by atoms with van der Waals surface area (Å²) in [6, 6.07) is 6.30. The van der Waals surface area contributed by atoms with Gasteiger partial charge in [-0.3, -0.25) is 0 Å². The van der Waals surface area contributed by atoms with Crippen LogP contribution in [0.5, 0.6) is 5.75 Å². The van der Waals surface area contributed by atoms with Gasteiger partial charge in [-0.15, -0.1) is 0 Å². The Labute approximate surface area is 171 Å². The summed E-state index contributed by atoms with van der Waals surface area (Å²) >= 11 is 0. The van der Waals surface area contributed by atoms with E-state index in [1.165, 1.54) is 0 Å². The van der Waals surface area contributed by atoms with Gasteiger partial charge >= 0.3 is 0 Å². The van der Waals surface area contributed by atoms with Crippen molar-refractivity contribution in [3.8, 4) is 5.75 Å². The van der Waals surface area contributed by atoms with Gasteiger partial charge in [-0.1, -0.05) is 13.8 Å². The van der Waals surface area contributed by atoms with Crippen LogP contribution in [0.4, 0.5) is 23.0 Å². The molecule has 0 unspecified atom stereocenters. The third-order valence-electron chi connectivity index (χ3n) is 5.63. The summed E-state index contributed by atoms with van der Waals surface area (Å²) in [6.45, 7) is 8.14. The van der Waals surface area contributed by atoms with Gasteiger partial charge in [0.15, 0.2) is 5.82 Å². The van der Waals surface area contributed by atoms with Gasteiger partial charge < -0.3 is 29.7 Å². The van der Waals surface area contributed by atoms with Crippen LogP contribution >= 0.6 is 0 Å². The van der Waals surface area contributed by atoms with Crippen molar-refractivity contribution in [2.24, 2.45) is 0 Å². The van der Waals surface area contributed by atoms with Crippen LogP contribution in [-0.4, -0.2) is 62.1 Å². The second-order valence-electron chi connectivity index (χ2n) is 8.02. The van der Waals surface area contributed by atoms with E-state index in [-0.39, 0.29) is 12.0 Å². The van der Waals surface area contributed by atoms with Crippen molar-refractivity contribution in [1.29, 1.82) is 0 Å². The summed E-state index contributed by atoms with van der Waals surface area (Å²) in [4.78, 5) is 13.6. The highest BCUT2D eigenvalue weighted by Crippen LogP contribution is 2.48. The van der Waals surface area contributed by atoms with Crippen LogP contribution in [0.15, 0.2) is 18.2 Å². The molecule has 0 radical (unpaired) electrons. The summed E-state index contributed by atoms with van der Waals surface area (Å²) in [6.07, 6.45) is 0. The normalized spacial score (nSPS) is 18.0. The molecule has 4 rings (SSSR count). The average Bonchev–Trinajstić information content (AvgIpc) is 3.03. The number of morpholine rings is 1. The van der Waals surface area contributed by atoms with Crippen LogP contribution in [0.1, 0.15) is 25.2 Å². The van der Waals surface area contributed by atoms with Crippen molar-refractivity contribution in [3.63, 3.8) is 0 Å². The van der Waals surface area contributed by atoms with E-state index in [4.69, 9.17) is 9.47 Å². The average molecular weight is 399 g/mol. The number of nitrogens with one attached hydrogen (secondary N) is 1. The molecule has 0 atom stereocenters. The molecule has 156 valence electrons. The molecule has 3 heterocycles. The molecule has 2 N–H and O–H groups in total. The number of hydrogen-bond donors (Lipinski definition) is 2. The Hall–Kier alpha value is -2.58. The topological polar surface area (TPSA) is 83.0 Å². The first-order valence-electron chi connectivity index (χ1n) is 9.97. The van der Waals surface area contributed by atoms with Crippen LogP contribution in [0, 0.1) is 0 Å². The minimum Gasteiger partial charge on any atom is -0.494 e. The van der Waals surface area contributed by atoms with Gasteiger partial charge in [-0.05, 0) is 12.1 Å². The predicted molar refractivity (Wildman–Crippen MR) is 114 cm³/mol. The zero-order chi connectivity index (χ0) is 20.6. The van der Waals surface area contributed by atoms with E-state index in [1.54, 1.807) is 7.11 Å². The third kappa shape index (κ3) is 3.47. The molecule has 8 nitrogen and oxygen atoms in total. The van der Waals surface area contributed by atoms with Gasteiger partial charge in [0.1, 0.15) is 24.0 Å². The fraction of sp³-hybridized carbons (Fsp3) is 0.524. The Kier molecular flexibility index (Phi) is 5.23. The number of aromatic nitrogens is 2. The van der Waals surface area contributed by atoms with Crippen molar-refractivity contribution in [2.45, 2.75) is 25.9 Å². The summed E-state index contributed by atoms with van der Waals surface area (Å²) in [5, 5.41) is 12.8. The molecule has 2 aliphatic heterocycles. The molecule has 1 saturated heterocycles. The van der Waals surface area contributed by atoms with Crippen LogP contribution in [0.25, 0.3) is 0 Å². The van der Waals surface area contributed by atoms with Gasteiger partial charge in [-0.25, -0.2) is 9.97 Å². The monoisotopic (exact) mass is 399 g/mol. The van der Waals surface area contributed by atoms with Crippen LogP contribution in [0.2, 0.25) is 0 Å². The number of fused-ring (bicyclic) bond motifs is 1. The van der Waals surface area contributed by atoms with Crippen molar-refractivity contribution in [1.82, 2.24) is 9.97 Å². The highest BCUT2D eigenvalue weighted by Gasteiger charge is 2.41. The molecule has 1 aromatic carbocycles. The number of anilines is 4. The van der Waals surface area contributed by atoms with Crippen molar-refractivity contribution >= 4 is 23.0 Å². The van der Waals surface area contributed by atoms with Gasteiger partial charge in [0, 0.05) is 49.4 Å². The molecule has 2 aliphatic rings. The van der Waals surface area contributed by atoms with E-state index in [0.29, 0.717) is 5.82 Å². The van der Waals surface area contributed by atoms with Gasteiger partial charge in [0.25, 0.3) is 0 Å². The van der Waals surface area contributed by atoms with E-state index in [0.717, 1.165) is 67.2 Å². The number of hydrogen-bond acceptors (Lipinski definition) is 8. The molecular formula is C21H29N5O3. The van der Waals surface area contributed by atoms with Crippen molar-refractivity contribution < 1.29 is 14.6 Å². The largest absolute Gasteiger partial charge is 0.494 e.